The number of nitrogens with zero attached hydrogens (tertiary/aromatic N) is 2. The smallest absolute Gasteiger partial charge is 0.141 e. The first-order valence-electron chi connectivity index (χ1n) is 6.84. The summed E-state index contributed by atoms with van der Waals surface area (Å²) in [5.74, 6) is -0.255. The molecule has 2 aliphatic heterocycles. The highest BCUT2D eigenvalue weighted by Crippen LogP contribution is 2.29. The second kappa shape index (κ2) is 4.94. The van der Waals surface area contributed by atoms with Gasteiger partial charge in [0.25, 0.3) is 0 Å². The first-order valence-corrected chi connectivity index (χ1v) is 6.84. The fraction of sp³-hybridized carbons (Fsp3) is 0.643. The number of nitrogens with one attached hydrogen (secondary N) is 1. The van der Waals surface area contributed by atoms with Gasteiger partial charge in [0.15, 0.2) is 0 Å². The van der Waals surface area contributed by atoms with Crippen molar-refractivity contribution >= 4 is 0 Å². The van der Waals surface area contributed by atoms with Gasteiger partial charge in [0, 0.05) is 30.9 Å². The third kappa shape index (κ3) is 2.27. The van der Waals surface area contributed by atoms with Gasteiger partial charge in [0.1, 0.15) is 5.82 Å². The first kappa shape index (κ1) is 12.1. The summed E-state index contributed by atoms with van der Waals surface area (Å²) >= 11 is 0. The molecule has 3 atom stereocenters. The van der Waals surface area contributed by atoms with E-state index < -0.39 is 0 Å². The van der Waals surface area contributed by atoms with Crippen LogP contribution in [0.15, 0.2) is 18.5 Å². The van der Waals surface area contributed by atoms with Gasteiger partial charge in [0.2, 0.25) is 0 Å². The van der Waals surface area contributed by atoms with Crippen LogP contribution in [0.1, 0.15) is 37.8 Å². The molecule has 0 saturated carbocycles. The van der Waals surface area contributed by atoms with E-state index in [1.54, 1.807) is 12.3 Å². The average molecular weight is 249 g/mol. The van der Waals surface area contributed by atoms with Crippen molar-refractivity contribution in [1.29, 1.82) is 0 Å². The van der Waals surface area contributed by atoms with Crippen molar-refractivity contribution in [3.8, 4) is 0 Å². The van der Waals surface area contributed by atoms with E-state index in [9.17, 15) is 4.39 Å². The molecular formula is C14H20FN3. The summed E-state index contributed by atoms with van der Waals surface area (Å²) in [5.41, 5.74) is 0.937. The number of pyridine rings is 1. The van der Waals surface area contributed by atoms with E-state index in [2.05, 4.69) is 22.1 Å². The lowest BCUT2D eigenvalue weighted by Gasteiger charge is -2.25. The van der Waals surface area contributed by atoms with Gasteiger partial charge in [-0.1, -0.05) is 0 Å². The third-order valence-electron chi connectivity index (χ3n) is 4.30. The van der Waals surface area contributed by atoms with Crippen LogP contribution in [0.5, 0.6) is 0 Å². The number of rotatable bonds is 3. The van der Waals surface area contributed by atoms with Crippen LogP contribution in [0.3, 0.4) is 0 Å². The number of fused-ring (bicyclic) bond motifs is 1. The molecule has 2 aliphatic rings. The summed E-state index contributed by atoms with van der Waals surface area (Å²) in [5, 5.41) is 3.65. The quantitative estimate of drug-likeness (QED) is 0.889. The number of aromatic nitrogens is 1. The highest BCUT2D eigenvalue weighted by atomic mass is 19.1. The summed E-state index contributed by atoms with van der Waals surface area (Å²) in [6.07, 6.45) is 6.83. The summed E-state index contributed by atoms with van der Waals surface area (Å²) < 4.78 is 13.2. The van der Waals surface area contributed by atoms with Crippen molar-refractivity contribution in [3.05, 3.63) is 29.8 Å². The predicted molar refractivity (Wildman–Crippen MR) is 68.7 cm³/mol. The number of hydrogen-bond acceptors (Lipinski definition) is 3. The largest absolute Gasteiger partial charge is 0.306 e. The molecule has 2 saturated heterocycles. The summed E-state index contributed by atoms with van der Waals surface area (Å²) in [6.45, 7) is 4.54. The third-order valence-corrected chi connectivity index (χ3v) is 4.30. The topological polar surface area (TPSA) is 28.2 Å². The summed E-state index contributed by atoms with van der Waals surface area (Å²) in [4.78, 5) is 6.50. The standard InChI is InChI=1S/C14H20FN3/c1-10(11-7-12(15)9-16-8-11)17-13-4-6-18-5-2-3-14(13)18/h7-10,13-14,17H,2-6H2,1H3. The molecule has 1 aromatic rings. The zero-order valence-corrected chi connectivity index (χ0v) is 10.8. The van der Waals surface area contributed by atoms with Crippen LogP contribution in [0.4, 0.5) is 4.39 Å². The van der Waals surface area contributed by atoms with Gasteiger partial charge in [-0.15, -0.1) is 0 Å². The summed E-state index contributed by atoms with van der Waals surface area (Å²) in [7, 11) is 0. The summed E-state index contributed by atoms with van der Waals surface area (Å²) in [6, 6.07) is 2.98. The molecule has 0 bridgehead atoms. The van der Waals surface area contributed by atoms with Crippen molar-refractivity contribution in [3.63, 3.8) is 0 Å². The van der Waals surface area contributed by atoms with Gasteiger partial charge in [-0.3, -0.25) is 9.88 Å². The molecule has 3 heterocycles. The minimum Gasteiger partial charge on any atom is -0.306 e. The molecule has 0 amide bonds. The fourth-order valence-electron chi connectivity index (χ4n) is 3.36. The van der Waals surface area contributed by atoms with Crippen molar-refractivity contribution < 1.29 is 4.39 Å². The molecule has 0 spiro atoms. The van der Waals surface area contributed by atoms with E-state index in [4.69, 9.17) is 0 Å². The average Bonchev–Trinajstić information content (AvgIpc) is 2.94. The van der Waals surface area contributed by atoms with Crippen LogP contribution in [0, 0.1) is 5.82 Å². The molecule has 1 N–H and O–H groups in total. The molecule has 98 valence electrons. The fourth-order valence-corrected chi connectivity index (χ4v) is 3.36. The second-order valence-corrected chi connectivity index (χ2v) is 5.47. The van der Waals surface area contributed by atoms with Gasteiger partial charge in [-0.05, 0) is 44.4 Å². The lowest BCUT2D eigenvalue weighted by Crippen LogP contribution is -2.40. The maximum absolute atomic E-state index is 13.2. The Morgan fingerprint density at radius 2 is 2.28 bits per heavy atom. The molecule has 4 heteroatoms. The van der Waals surface area contributed by atoms with E-state index in [0.29, 0.717) is 12.1 Å². The van der Waals surface area contributed by atoms with E-state index in [1.165, 1.54) is 38.5 Å². The second-order valence-electron chi connectivity index (χ2n) is 5.47. The Labute approximate surface area is 107 Å². The molecule has 3 unspecified atom stereocenters. The lowest BCUT2D eigenvalue weighted by molar-refractivity contribution is 0.291. The molecule has 18 heavy (non-hydrogen) atoms. The van der Waals surface area contributed by atoms with Crippen LogP contribution in [0.2, 0.25) is 0 Å². The Morgan fingerprint density at radius 1 is 1.39 bits per heavy atom. The molecule has 2 fully saturated rings. The minimum absolute atomic E-state index is 0.166. The van der Waals surface area contributed by atoms with Gasteiger partial charge >= 0.3 is 0 Å². The van der Waals surface area contributed by atoms with Crippen molar-refractivity contribution in [2.75, 3.05) is 13.1 Å². The monoisotopic (exact) mass is 249 g/mol. The SMILES string of the molecule is CC(NC1CCN2CCCC12)c1cncc(F)c1. The first-order chi connectivity index (χ1) is 8.74. The van der Waals surface area contributed by atoms with Gasteiger partial charge in [0.05, 0.1) is 6.20 Å². The zero-order valence-electron chi connectivity index (χ0n) is 10.8. The van der Waals surface area contributed by atoms with Crippen molar-refractivity contribution in [1.82, 2.24) is 15.2 Å². The Bertz CT molecular complexity index is 423. The van der Waals surface area contributed by atoms with Crippen LogP contribution in [-0.4, -0.2) is 35.1 Å². The molecule has 0 aromatic carbocycles. The zero-order chi connectivity index (χ0) is 12.5. The van der Waals surface area contributed by atoms with E-state index >= 15 is 0 Å². The van der Waals surface area contributed by atoms with Gasteiger partial charge in [-0.2, -0.15) is 0 Å². The molecule has 3 nitrogen and oxygen atoms in total. The lowest BCUT2D eigenvalue weighted by atomic mass is 10.0. The van der Waals surface area contributed by atoms with Crippen LogP contribution < -0.4 is 5.32 Å². The maximum atomic E-state index is 13.2. The van der Waals surface area contributed by atoms with Crippen LogP contribution in [-0.2, 0) is 0 Å². The van der Waals surface area contributed by atoms with Crippen molar-refractivity contribution in [2.24, 2.45) is 0 Å². The van der Waals surface area contributed by atoms with Gasteiger partial charge in [-0.25, -0.2) is 4.39 Å². The number of hydrogen-bond donors (Lipinski definition) is 1. The highest BCUT2D eigenvalue weighted by Gasteiger charge is 2.37. The Hall–Kier alpha value is -1.00. The van der Waals surface area contributed by atoms with E-state index in [-0.39, 0.29) is 11.9 Å². The van der Waals surface area contributed by atoms with Crippen LogP contribution >= 0.6 is 0 Å². The predicted octanol–water partition coefficient (Wildman–Crippen LogP) is 2.11. The Balaban J connectivity index is 1.66. The minimum atomic E-state index is -0.255. The molecule has 3 rings (SSSR count). The molecular weight excluding hydrogens is 229 g/mol. The van der Waals surface area contributed by atoms with Gasteiger partial charge < -0.3 is 5.32 Å². The molecule has 0 aliphatic carbocycles. The van der Waals surface area contributed by atoms with Crippen LogP contribution in [0.25, 0.3) is 0 Å². The maximum Gasteiger partial charge on any atom is 0.141 e. The normalized spacial score (nSPS) is 29.4. The Kier molecular flexibility index (Phi) is 3.31. The molecule has 1 aromatic heterocycles. The van der Waals surface area contributed by atoms with E-state index in [0.717, 1.165) is 5.56 Å². The van der Waals surface area contributed by atoms with E-state index in [1.807, 2.05) is 0 Å². The number of halogens is 1. The van der Waals surface area contributed by atoms with Crippen molar-refractivity contribution in [2.45, 2.75) is 44.3 Å². The highest BCUT2D eigenvalue weighted by molar-refractivity contribution is 5.15. The molecule has 0 radical (unpaired) electrons. The Morgan fingerprint density at radius 3 is 3.11 bits per heavy atom.